The molecular weight excluding hydrogens is 295 g/mol. The number of halogens is 1. The number of benzene rings is 2. The quantitative estimate of drug-likeness (QED) is 0.794. The Balaban J connectivity index is 1.79. The molecule has 23 heavy (non-hydrogen) atoms. The molecule has 5 heteroatoms. The maximum absolute atomic E-state index is 14.2. The van der Waals surface area contributed by atoms with Crippen LogP contribution in [0.3, 0.4) is 0 Å². The highest BCUT2D eigenvalue weighted by molar-refractivity contribution is 5.40. The summed E-state index contributed by atoms with van der Waals surface area (Å²) in [6.07, 6.45) is 1.77. The maximum atomic E-state index is 14.2. The molecule has 0 atom stereocenters. The van der Waals surface area contributed by atoms with Gasteiger partial charge in [0.2, 0.25) is 0 Å². The smallest absolute Gasteiger partial charge is 0.167 e. The average Bonchev–Trinajstić information content (AvgIpc) is 2.94. The summed E-state index contributed by atoms with van der Waals surface area (Å²) in [6, 6.07) is 11.8. The van der Waals surface area contributed by atoms with E-state index in [4.69, 9.17) is 4.74 Å². The van der Waals surface area contributed by atoms with Crippen molar-refractivity contribution in [2.24, 2.45) is 0 Å². The third kappa shape index (κ3) is 3.18. The van der Waals surface area contributed by atoms with Crippen molar-refractivity contribution in [1.29, 1.82) is 0 Å². The number of hydrogen-bond donors (Lipinski definition) is 1. The van der Waals surface area contributed by atoms with Crippen LogP contribution >= 0.6 is 0 Å². The number of aromatic nitrogens is 2. The lowest BCUT2D eigenvalue weighted by Crippen LogP contribution is -2.01. The summed E-state index contributed by atoms with van der Waals surface area (Å²) in [5, 5.41) is 14.1. The van der Waals surface area contributed by atoms with E-state index in [2.05, 4.69) is 5.10 Å². The summed E-state index contributed by atoms with van der Waals surface area (Å²) in [7, 11) is 0. The fourth-order valence-electron chi connectivity index (χ4n) is 2.33. The van der Waals surface area contributed by atoms with Crippen molar-refractivity contribution in [2.75, 3.05) is 0 Å². The zero-order valence-corrected chi connectivity index (χ0v) is 13.0. The van der Waals surface area contributed by atoms with E-state index in [1.807, 2.05) is 26.0 Å². The number of aromatic hydroxyl groups is 1. The van der Waals surface area contributed by atoms with Gasteiger partial charge in [-0.1, -0.05) is 12.1 Å². The van der Waals surface area contributed by atoms with Gasteiger partial charge in [-0.05, 0) is 43.7 Å². The Hall–Kier alpha value is -2.82. The standard InChI is InChI=1S/C18H17FN2O2/c1-12-4-3-5-17(22)15(12)11-23-18-7-6-14(10-16(18)19)21-9-8-13(2)20-21/h3-10,22H,11H2,1-2H3. The Morgan fingerprint density at radius 2 is 2.00 bits per heavy atom. The van der Waals surface area contributed by atoms with Gasteiger partial charge in [-0.15, -0.1) is 0 Å². The van der Waals surface area contributed by atoms with Crippen LogP contribution in [-0.2, 0) is 6.61 Å². The van der Waals surface area contributed by atoms with Gasteiger partial charge in [0, 0.05) is 17.8 Å². The lowest BCUT2D eigenvalue weighted by Gasteiger charge is -2.12. The lowest BCUT2D eigenvalue weighted by atomic mass is 10.1. The highest BCUT2D eigenvalue weighted by Gasteiger charge is 2.10. The number of nitrogens with zero attached hydrogens (tertiary/aromatic N) is 2. The molecule has 1 N–H and O–H groups in total. The minimum absolute atomic E-state index is 0.107. The third-order valence-electron chi connectivity index (χ3n) is 3.66. The van der Waals surface area contributed by atoms with E-state index in [-0.39, 0.29) is 18.1 Å². The highest BCUT2D eigenvalue weighted by atomic mass is 19.1. The average molecular weight is 312 g/mol. The Morgan fingerprint density at radius 1 is 1.17 bits per heavy atom. The fraction of sp³-hybridized carbons (Fsp3) is 0.167. The zero-order valence-electron chi connectivity index (χ0n) is 13.0. The van der Waals surface area contributed by atoms with Crippen molar-refractivity contribution in [3.05, 3.63) is 71.3 Å². The second kappa shape index (κ2) is 6.12. The van der Waals surface area contributed by atoms with Gasteiger partial charge in [0.05, 0.1) is 11.4 Å². The largest absolute Gasteiger partial charge is 0.508 e. The number of ether oxygens (including phenoxy) is 1. The van der Waals surface area contributed by atoms with Gasteiger partial charge in [0.25, 0.3) is 0 Å². The second-order valence-corrected chi connectivity index (χ2v) is 5.38. The van der Waals surface area contributed by atoms with Crippen molar-refractivity contribution >= 4 is 0 Å². The van der Waals surface area contributed by atoms with E-state index >= 15 is 0 Å². The van der Waals surface area contributed by atoms with Gasteiger partial charge < -0.3 is 9.84 Å². The fourth-order valence-corrected chi connectivity index (χ4v) is 2.33. The summed E-state index contributed by atoms with van der Waals surface area (Å²) in [5.41, 5.74) is 3.04. The Labute approximate surface area is 133 Å². The van der Waals surface area contributed by atoms with E-state index < -0.39 is 5.82 Å². The number of hydrogen-bond acceptors (Lipinski definition) is 3. The van der Waals surface area contributed by atoms with Crippen LogP contribution in [0.2, 0.25) is 0 Å². The van der Waals surface area contributed by atoms with Crippen molar-refractivity contribution in [1.82, 2.24) is 9.78 Å². The molecule has 0 radical (unpaired) electrons. The summed E-state index contributed by atoms with van der Waals surface area (Å²) < 4.78 is 21.3. The van der Waals surface area contributed by atoms with E-state index in [1.165, 1.54) is 6.07 Å². The van der Waals surface area contributed by atoms with Crippen molar-refractivity contribution in [3.8, 4) is 17.2 Å². The molecule has 0 saturated heterocycles. The molecule has 0 spiro atoms. The van der Waals surface area contributed by atoms with Gasteiger partial charge in [-0.2, -0.15) is 5.10 Å². The van der Waals surface area contributed by atoms with Gasteiger partial charge in [-0.3, -0.25) is 0 Å². The minimum atomic E-state index is -0.469. The predicted molar refractivity (Wildman–Crippen MR) is 85.4 cm³/mol. The van der Waals surface area contributed by atoms with Crippen LogP contribution in [-0.4, -0.2) is 14.9 Å². The maximum Gasteiger partial charge on any atom is 0.167 e. The molecule has 2 aromatic carbocycles. The summed E-state index contributed by atoms with van der Waals surface area (Å²) in [4.78, 5) is 0. The number of phenols is 1. The number of phenolic OH excluding ortho intramolecular Hbond substituents is 1. The van der Waals surface area contributed by atoms with Crippen LogP contribution in [0, 0.1) is 19.7 Å². The van der Waals surface area contributed by atoms with Crippen LogP contribution in [0.25, 0.3) is 5.69 Å². The first-order valence-electron chi connectivity index (χ1n) is 7.27. The predicted octanol–water partition coefficient (Wildman–Crippen LogP) is 3.91. The summed E-state index contributed by atoms with van der Waals surface area (Å²) in [6.45, 7) is 3.85. The molecule has 4 nitrogen and oxygen atoms in total. The van der Waals surface area contributed by atoms with E-state index in [1.54, 1.807) is 35.1 Å². The molecule has 0 aliphatic rings. The monoisotopic (exact) mass is 312 g/mol. The number of rotatable bonds is 4. The number of aryl methyl sites for hydroxylation is 2. The third-order valence-corrected chi connectivity index (χ3v) is 3.66. The van der Waals surface area contributed by atoms with Crippen LogP contribution in [0.4, 0.5) is 4.39 Å². The van der Waals surface area contributed by atoms with Gasteiger partial charge in [0.15, 0.2) is 11.6 Å². The highest BCUT2D eigenvalue weighted by Crippen LogP contribution is 2.25. The van der Waals surface area contributed by atoms with Crippen molar-refractivity contribution in [3.63, 3.8) is 0 Å². The molecule has 0 unspecified atom stereocenters. The zero-order chi connectivity index (χ0) is 16.4. The van der Waals surface area contributed by atoms with Crippen LogP contribution in [0.1, 0.15) is 16.8 Å². The molecule has 0 bridgehead atoms. The summed E-state index contributed by atoms with van der Waals surface area (Å²) >= 11 is 0. The molecular formula is C18H17FN2O2. The lowest BCUT2D eigenvalue weighted by molar-refractivity contribution is 0.283. The first-order chi connectivity index (χ1) is 11.0. The van der Waals surface area contributed by atoms with Crippen molar-refractivity contribution in [2.45, 2.75) is 20.5 Å². The SMILES string of the molecule is Cc1ccn(-c2ccc(OCc3c(C)cccc3O)c(F)c2)n1. The topological polar surface area (TPSA) is 47.3 Å². The molecule has 3 rings (SSSR count). The molecule has 0 fully saturated rings. The first-order valence-corrected chi connectivity index (χ1v) is 7.27. The van der Waals surface area contributed by atoms with Gasteiger partial charge in [-0.25, -0.2) is 9.07 Å². The Bertz CT molecular complexity index is 823. The van der Waals surface area contributed by atoms with Crippen LogP contribution < -0.4 is 4.74 Å². The molecule has 0 saturated carbocycles. The minimum Gasteiger partial charge on any atom is -0.508 e. The van der Waals surface area contributed by atoms with Crippen LogP contribution in [0.5, 0.6) is 11.5 Å². The normalized spacial score (nSPS) is 10.7. The molecule has 0 aliphatic heterocycles. The van der Waals surface area contributed by atoms with E-state index in [0.29, 0.717) is 11.3 Å². The molecule has 3 aromatic rings. The first kappa shape index (κ1) is 15.1. The molecule has 1 heterocycles. The molecule has 0 aliphatic carbocycles. The molecule has 0 amide bonds. The molecule has 1 aromatic heterocycles. The Kier molecular flexibility index (Phi) is 4.02. The van der Waals surface area contributed by atoms with Gasteiger partial charge in [0.1, 0.15) is 12.4 Å². The Morgan fingerprint density at radius 3 is 2.65 bits per heavy atom. The van der Waals surface area contributed by atoms with E-state index in [9.17, 15) is 9.50 Å². The molecule has 118 valence electrons. The van der Waals surface area contributed by atoms with E-state index in [0.717, 1.165) is 11.3 Å². The summed E-state index contributed by atoms with van der Waals surface area (Å²) in [5.74, 6) is -0.182. The van der Waals surface area contributed by atoms with Crippen LogP contribution in [0.15, 0.2) is 48.7 Å². The second-order valence-electron chi connectivity index (χ2n) is 5.38. The van der Waals surface area contributed by atoms with Crippen molar-refractivity contribution < 1.29 is 14.2 Å². The van der Waals surface area contributed by atoms with Gasteiger partial charge >= 0.3 is 0 Å².